The van der Waals surface area contributed by atoms with Gasteiger partial charge in [0.1, 0.15) is 5.54 Å². The molecule has 2 aliphatic rings. The van der Waals surface area contributed by atoms with Crippen LogP contribution in [0.15, 0.2) is 18.2 Å². The van der Waals surface area contributed by atoms with Crippen molar-refractivity contribution in [1.29, 1.82) is 0 Å². The zero-order valence-electron chi connectivity index (χ0n) is 11.5. The molecule has 1 unspecified atom stereocenters. The standard InChI is InChI=1S/C14H19N3O3/c1-14(13(15)18,17-6-4-16-5-7-17)10-2-3-11-12(8-10)20-9-19-11/h2-3,8,16H,4-7,9H2,1H3,(H2,15,18). The second-order valence-corrected chi connectivity index (χ2v) is 5.24. The van der Waals surface area contributed by atoms with E-state index in [1.165, 1.54) is 0 Å². The Morgan fingerprint density at radius 1 is 1.30 bits per heavy atom. The second-order valence-electron chi connectivity index (χ2n) is 5.24. The molecule has 0 saturated carbocycles. The molecular weight excluding hydrogens is 258 g/mol. The second kappa shape index (κ2) is 4.96. The SMILES string of the molecule is CC(C(N)=O)(c1ccc2c(c1)OCO2)N1CCNCC1. The van der Waals surface area contributed by atoms with Crippen molar-refractivity contribution < 1.29 is 14.3 Å². The molecule has 1 aromatic rings. The van der Waals surface area contributed by atoms with Crippen LogP contribution in [-0.4, -0.2) is 43.8 Å². The lowest BCUT2D eigenvalue weighted by Gasteiger charge is -2.41. The molecule has 0 spiro atoms. The molecule has 1 atom stereocenters. The number of primary amides is 1. The highest BCUT2D eigenvalue weighted by Crippen LogP contribution is 2.37. The normalized spacial score (nSPS) is 21.4. The zero-order valence-corrected chi connectivity index (χ0v) is 11.5. The number of rotatable bonds is 3. The number of ether oxygens (including phenoxy) is 2. The zero-order chi connectivity index (χ0) is 14.2. The van der Waals surface area contributed by atoms with E-state index in [-0.39, 0.29) is 12.7 Å². The number of hydrogen-bond donors (Lipinski definition) is 2. The van der Waals surface area contributed by atoms with Gasteiger partial charge >= 0.3 is 0 Å². The van der Waals surface area contributed by atoms with Crippen LogP contribution >= 0.6 is 0 Å². The van der Waals surface area contributed by atoms with Crippen LogP contribution in [0.3, 0.4) is 0 Å². The molecule has 2 heterocycles. The summed E-state index contributed by atoms with van der Waals surface area (Å²) in [5.41, 5.74) is 5.72. The molecule has 2 aliphatic heterocycles. The van der Waals surface area contributed by atoms with E-state index >= 15 is 0 Å². The fourth-order valence-electron chi connectivity index (χ4n) is 2.79. The van der Waals surface area contributed by atoms with Gasteiger partial charge in [0.15, 0.2) is 11.5 Å². The van der Waals surface area contributed by atoms with Crippen molar-refractivity contribution in [2.75, 3.05) is 33.0 Å². The van der Waals surface area contributed by atoms with Crippen molar-refractivity contribution in [3.63, 3.8) is 0 Å². The molecule has 20 heavy (non-hydrogen) atoms. The molecule has 1 fully saturated rings. The summed E-state index contributed by atoms with van der Waals surface area (Å²) in [6.45, 7) is 5.38. The molecule has 3 N–H and O–H groups in total. The van der Waals surface area contributed by atoms with Crippen molar-refractivity contribution in [1.82, 2.24) is 10.2 Å². The van der Waals surface area contributed by atoms with E-state index in [0.717, 1.165) is 31.7 Å². The summed E-state index contributed by atoms with van der Waals surface area (Å²) < 4.78 is 10.7. The van der Waals surface area contributed by atoms with E-state index in [2.05, 4.69) is 10.2 Å². The van der Waals surface area contributed by atoms with Gasteiger partial charge in [-0.1, -0.05) is 6.07 Å². The van der Waals surface area contributed by atoms with Crippen LogP contribution < -0.4 is 20.5 Å². The smallest absolute Gasteiger partial charge is 0.242 e. The molecule has 6 heteroatoms. The number of fused-ring (bicyclic) bond motifs is 1. The Bertz CT molecular complexity index is 528. The van der Waals surface area contributed by atoms with Gasteiger partial charge < -0.3 is 20.5 Å². The fourth-order valence-corrected chi connectivity index (χ4v) is 2.79. The summed E-state index contributed by atoms with van der Waals surface area (Å²) in [6, 6.07) is 5.58. The Balaban J connectivity index is 1.99. The maximum atomic E-state index is 12.1. The van der Waals surface area contributed by atoms with Crippen molar-refractivity contribution in [2.45, 2.75) is 12.5 Å². The molecule has 6 nitrogen and oxygen atoms in total. The lowest BCUT2D eigenvalue weighted by Crippen LogP contribution is -2.58. The van der Waals surface area contributed by atoms with E-state index in [0.29, 0.717) is 11.5 Å². The highest BCUT2D eigenvalue weighted by Gasteiger charge is 2.40. The van der Waals surface area contributed by atoms with Crippen LogP contribution in [0.5, 0.6) is 11.5 Å². The van der Waals surface area contributed by atoms with Gasteiger partial charge in [-0.2, -0.15) is 0 Å². The van der Waals surface area contributed by atoms with Gasteiger partial charge in [-0.3, -0.25) is 9.69 Å². The number of nitrogens with one attached hydrogen (secondary N) is 1. The lowest BCUT2D eigenvalue weighted by molar-refractivity contribution is -0.130. The minimum Gasteiger partial charge on any atom is -0.454 e. The van der Waals surface area contributed by atoms with Gasteiger partial charge in [-0.05, 0) is 24.6 Å². The summed E-state index contributed by atoms with van der Waals surface area (Å²) in [5.74, 6) is 1.03. The van der Waals surface area contributed by atoms with Crippen LogP contribution in [0.1, 0.15) is 12.5 Å². The minimum absolute atomic E-state index is 0.222. The van der Waals surface area contributed by atoms with E-state index in [9.17, 15) is 4.79 Å². The minimum atomic E-state index is -0.830. The number of nitrogens with zero attached hydrogens (tertiary/aromatic N) is 1. The first-order chi connectivity index (χ1) is 9.62. The average Bonchev–Trinajstić information content (AvgIpc) is 2.94. The summed E-state index contributed by atoms with van der Waals surface area (Å²) in [6.07, 6.45) is 0. The Kier molecular flexibility index (Phi) is 3.27. The summed E-state index contributed by atoms with van der Waals surface area (Å²) in [7, 11) is 0. The van der Waals surface area contributed by atoms with Gasteiger partial charge in [-0.15, -0.1) is 0 Å². The third-order valence-corrected chi connectivity index (χ3v) is 4.16. The first kappa shape index (κ1) is 13.2. The van der Waals surface area contributed by atoms with Crippen LogP contribution in [0, 0.1) is 0 Å². The first-order valence-electron chi connectivity index (χ1n) is 6.78. The van der Waals surface area contributed by atoms with E-state index < -0.39 is 5.54 Å². The summed E-state index contributed by atoms with van der Waals surface area (Å²) in [5, 5.41) is 3.28. The molecule has 0 aromatic heterocycles. The van der Waals surface area contributed by atoms with Crippen molar-refractivity contribution in [3.05, 3.63) is 23.8 Å². The van der Waals surface area contributed by atoms with Crippen LogP contribution in [0.25, 0.3) is 0 Å². The van der Waals surface area contributed by atoms with Crippen molar-refractivity contribution >= 4 is 5.91 Å². The van der Waals surface area contributed by atoms with E-state index in [1.807, 2.05) is 25.1 Å². The molecule has 3 rings (SSSR count). The highest BCUT2D eigenvalue weighted by atomic mass is 16.7. The van der Waals surface area contributed by atoms with E-state index in [1.54, 1.807) is 0 Å². The highest BCUT2D eigenvalue weighted by molar-refractivity contribution is 5.86. The first-order valence-corrected chi connectivity index (χ1v) is 6.78. The maximum absolute atomic E-state index is 12.1. The molecule has 1 aromatic carbocycles. The number of piperazine rings is 1. The van der Waals surface area contributed by atoms with Crippen LogP contribution in [-0.2, 0) is 10.3 Å². The van der Waals surface area contributed by atoms with Gasteiger partial charge in [0, 0.05) is 26.2 Å². The molecule has 1 saturated heterocycles. The number of carbonyl (C=O) groups excluding carboxylic acids is 1. The predicted octanol–water partition coefficient (Wildman–Crippen LogP) is 0.0210. The Labute approximate surface area is 117 Å². The Morgan fingerprint density at radius 2 is 2.00 bits per heavy atom. The van der Waals surface area contributed by atoms with Crippen LogP contribution in [0.2, 0.25) is 0 Å². The largest absolute Gasteiger partial charge is 0.454 e. The van der Waals surface area contributed by atoms with Crippen LogP contribution in [0.4, 0.5) is 0 Å². The van der Waals surface area contributed by atoms with Crippen molar-refractivity contribution in [2.24, 2.45) is 5.73 Å². The molecule has 0 aliphatic carbocycles. The molecule has 0 bridgehead atoms. The number of nitrogens with two attached hydrogens (primary N) is 1. The average molecular weight is 277 g/mol. The predicted molar refractivity (Wildman–Crippen MR) is 73.6 cm³/mol. The summed E-state index contributed by atoms with van der Waals surface area (Å²) >= 11 is 0. The number of amides is 1. The van der Waals surface area contributed by atoms with Gasteiger partial charge in [0.05, 0.1) is 0 Å². The quantitative estimate of drug-likeness (QED) is 0.814. The molecular formula is C14H19N3O3. The Morgan fingerprint density at radius 3 is 2.70 bits per heavy atom. The third kappa shape index (κ3) is 2.01. The maximum Gasteiger partial charge on any atom is 0.242 e. The molecule has 108 valence electrons. The van der Waals surface area contributed by atoms with Gasteiger partial charge in [0.25, 0.3) is 0 Å². The molecule has 1 amide bonds. The number of hydrogen-bond acceptors (Lipinski definition) is 5. The van der Waals surface area contributed by atoms with Crippen molar-refractivity contribution in [3.8, 4) is 11.5 Å². The molecule has 0 radical (unpaired) electrons. The monoisotopic (exact) mass is 277 g/mol. The van der Waals surface area contributed by atoms with Gasteiger partial charge in [-0.25, -0.2) is 0 Å². The lowest BCUT2D eigenvalue weighted by atomic mass is 9.88. The third-order valence-electron chi connectivity index (χ3n) is 4.16. The Hall–Kier alpha value is -1.79. The number of benzene rings is 1. The summed E-state index contributed by atoms with van der Waals surface area (Å²) in [4.78, 5) is 14.2. The fraction of sp³-hybridized carbons (Fsp3) is 0.500. The van der Waals surface area contributed by atoms with E-state index in [4.69, 9.17) is 15.2 Å². The number of carbonyl (C=O) groups is 1. The van der Waals surface area contributed by atoms with Gasteiger partial charge in [0.2, 0.25) is 12.7 Å². The topological polar surface area (TPSA) is 76.8 Å².